The van der Waals surface area contributed by atoms with Crippen molar-refractivity contribution in [1.82, 2.24) is 0 Å². The summed E-state index contributed by atoms with van der Waals surface area (Å²) in [6, 6.07) is 7.36. The highest BCUT2D eigenvalue weighted by atomic mass is 79.9. The zero-order chi connectivity index (χ0) is 12.7. The normalized spacial score (nSPS) is 10.0. The first-order valence-electron chi connectivity index (χ1n) is 5.49. The number of ether oxygens (including phenoxy) is 1. The van der Waals surface area contributed by atoms with Gasteiger partial charge in [-0.2, -0.15) is 0 Å². The first-order chi connectivity index (χ1) is 8.15. The molecule has 1 aromatic rings. The Morgan fingerprint density at radius 2 is 1.82 bits per heavy atom. The molecule has 0 fully saturated rings. The summed E-state index contributed by atoms with van der Waals surface area (Å²) >= 11 is 3.35. The fraction of sp³-hybridized carbons (Fsp3) is 0.385. The number of benzene rings is 1. The maximum atomic E-state index is 11.8. The van der Waals surface area contributed by atoms with Crippen molar-refractivity contribution < 1.29 is 14.3 Å². The molecule has 0 bridgehead atoms. The fourth-order valence-corrected chi connectivity index (χ4v) is 1.98. The molecule has 0 spiro atoms. The van der Waals surface area contributed by atoms with Crippen LogP contribution in [0.15, 0.2) is 28.7 Å². The van der Waals surface area contributed by atoms with Gasteiger partial charge in [-0.1, -0.05) is 34.1 Å². The molecule has 17 heavy (non-hydrogen) atoms. The standard InChI is InChI=1S/C13H15BrO3/c1-17-13(16)9-5-4-8-12(15)10-6-2-3-7-11(10)14/h2-3,6-7H,4-5,8-9H2,1H3. The lowest BCUT2D eigenvalue weighted by atomic mass is 10.0. The SMILES string of the molecule is COC(=O)CCCCC(=O)c1ccccc1Br. The molecule has 3 nitrogen and oxygen atoms in total. The Labute approximate surface area is 109 Å². The highest BCUT2D eigenvalue weighted by Crippen LogP contribution is 2.18. The molecular formula is C13H15BrO3. The Balaban J connectivity index is 2.36. The molecule has 0 saturated heterocycles. The molecule has 0 aromatic heterocycles. The predicted octanol–water partition coefficient (Wildman–Crippen LogP) is 3.37. The summed E-state index contributed by atoms with van der Waals surface area (Å²) in [5.41, 5.74) is 0.700. The number of hydrogen-bond acceptors (Lipinski definition) is 3. The monoisotopic (exact) mass is 298 g/mol. The number of methoxy groups -OCH3 is 1. The van der Waals surface area contributed by atoms with Crippen LogP contribution in [0.1, 0.15) is 36.0 Å². The number of carbonyl (C=O) groups excluding carboxylic acids is 2. The first kappa shape index (κ1) is 13.9. The Hall–Kier alpha value is -1.16. The van der Waals surface area contributed by atoms with Crippen molar-refractivity contribution in [2.45, 2.75) is 25.7 Å². The number of halogens is 1. The third kappa shape index (κ3) is 4.69. The number of ketones is 1. The van der Waals surface area contributed by atoms with E-state index in [1.807, 2.05) is 18.2 Å². The molecule has 1 rings (SSSR count). The van der Waals surface area contributed by atoms with E-state index in [0.717, 1.165) is 4.47 Å². The number of hydrogen-bond donors (Lipinski definition) is 0. The second-order valence-electron chi connectivity index (χ2n) is 3.69. The van der Waals surface area contributed by atoms with Crippen LogP contribution >= 0.6 is 15.9 Å². The summed E-state index contributed by atoms with van der Waals surface area (Å²) < 4.78 is 5.35. The van der Waals surface area contributed by atoms with Crippen molar-refractivity contribution in [2.75, 3.05) is 7.11 Å². The van der Waals surface area contributed by atoms with Gasteiger partial charge < -0.3 is 4.74 Å². The second kappa shape index (κ2) is 7.22. The van der Waals surface area contributed by atoms with Crippen LogP contribution in [-0.2, 0) is 9.53 Å². The van der Waals surface area contributed by atoms with Crippen LogP contribution in [0.5, 0.6) is 0 Å². The van der Waals surface area contributed by atoms with Gasteiger partial charge in [0.15, 0.2) is 5.78 Å². The van der Waals surface area contributed by atoms with E-state index >= 15 is 0 Å². The van der Waals surface area contributed by atoms with Gasteiger partial charge in [-0.25, -0.2) is 0 Å². The van der Waals surface area contributed by atoms with E-state index in [1.165, 1.54) is 7.11 Å². The average Bonchev–Trinajstić information content (AvgIpc) is 2.34. The van der Waals surface area contributed by atoms with Gasteiger partial charge in [0.1, 0.15) is 0 Å². The van der Waals surface area contributed by atoms with Crippen LogP contribution in [0, 0.1) is 0 Å². The van der Waals surface area contributed by atoms with Crippen molar-refractivity contribution >= 4 is 27.7 Å². The lowest BCUT2D eigenvalue weighted by molar-refractivity contribution is -0.140. The quantitative estimate of drug-likeness (QED) is 0.459. The third-order valence-electron chi connectivity index (χ3n) is 2.44. The molecule has 0 aliphatic heterocycles. The summed E-state index contributed by atoms with van der Waals surface area (Å²) in [7, 11) is 1.37. The van der Waals surface area contributed by atoms with Crippen molar-refractivity contribution in [2.24, 2.45) is 0 Å². The average molecular weight is 299 g/mol. The molecule has 0 amide bonds. The molecule has 0 N–H and O–H groups in total. The van der Waals surface area contributed by atoms with Gasteiger partial charge in [0.25, 0.3) is 0 Å². The van der Waals surface area contributed by atoms with Crippen LogP contribution in [0.4, 0.5) is 0 Å². The van der Waals surface area contributed by atoms with Crippen LogP contribution in [0.2, 0.25) is 0 Å². The minimum Gasteiger partial charge on any atom is -0.469 e. The summed E-state index contributed by atoms with van der Waals surface area (Å²) in [5.74, 6) is -0.124. The van der Waals surface area contributed by atoms with E-state index < -0.39 is 0 Å². The van der Waals surface area contributed by atoms with Gasteiger partial charge in [0.05, 0.1) is 7.11 Å². The molecule has 0 aliphatic carbocycles. The molecule has 0 atom stereocenters. The molecule has 0 saturated carbocycles. The highest BCUT2D eigenvalue weighted by molar-refractivity contribution is 9.10. The fourth-order valence-electron chi connectivity index (χ4n) is 1.48. The van der Waals surface area contributed by atoms with Gasteiger partial charge in [0, 0.05) is 22.9 Å². The molecular weight excluding hydrogens is 284 g/mol. The van der Waals surface area contributed by atoms with Crippen LogP contribution in [-0.4, -0.2) is 18.9 Å². The van der Waals surface area contributed by atoms with Gasteiger partial charge in [-0.15, -0.1) is 0 Å². The summed E-state index contributed by atoms with van der Waals surface area (Å²) in [6.07, 6.45) is 2.22. The predicted molar refractivity (Wildman–Crippen MR) is 69.0 cm³/mol. The number of esters is 1. The number of unbranched alkanes of at least 4 members (excludes halogenated alkanes) is 1. The minimum atomic E-state index is -0.224. The third-order valence-corrected chi connectivity index (χ3v) is 3.13. The van der Waals surface area contributed by atoms with Crippen LogP contribution in [0.25, 0.3) is 0 Å². The van der Waals surface area contributed by atoms with Gasteiger partial charge in [-0.3, -0.25) is 9.59 Å². The van der Waals surface area contributed by atoms with E-state index in [9.17, 15) is 9.59 Å². The molecule has 0 unspecified atom stereocenters. The van der Waals surface area contributed by atoms with E-state index in [0.29, 0.717) is 31.2 Å². The van der Waals surface area contributed by atoms with Gasteiger partial charge in [-0.05, 0) is 18.9 Å². The number of rotatable bonds is 6. The Bertz CT molecular complexity index is 401. The molecule has 0 aliphatic rings. The molecule has 92 valence electrons. The number of Topliss-reactive ketones (excluding diaryl/α,β-unsaturated/α-hetero) is 1. The topological polar surface area (TPSA) is 43.4 Å². The van der Waals surface area contributed by atoms with Crippen molar-refractivity contribution in [1.29, 1.82) is 0 Å². The van der Waals surface area contributed by atoms with Crippen molar-refractivity contribution in [3.63, 3.8) is 0 Å². The minimum absolute atomic E-state index is 0.0994. The van der Waals surface area contributed by atoms with Crippen LogP contribution < -0.4 is 0 Å². The smallest absolute Gasteiger partial charge is 0.305 e. The lowest BCUT2D eigenvalue weighted by Gasteiger charge is -2.03. The van der Waals surface area contributed by atoms with E-state index in [2.05, 4.69) is 20.7 Å². The Morgan fingerprint density at radius 3 is 2.47 bits per heavy atom. The maximum absolute atomic E-state index is 11.8. The summed E-state index contributed by atoms with van der Waals surface area (Å²) in [6.45, 7) is 0. The van der Waals surface area contributed by atoms with E-state index in [1.54, 1.807) is 6.07 Å². The molecule has 4 heteroatoms. The lowest BCUT2D eigenvalue weighted by Crippen LogP contribution is -2.02. The zero-order valence-electron chi connectivity index (χ0n) is 9.74. The maximum Gasteiger partial charge on any atom is 0.305 e. The van der Waals surface area contributed by atoms with E-state index in [4.69, 9.17) is 0 Å². The summed E-state index contributed by atoms with van der Waals surface area (Å²) in [4.78, 5) is 22.7. The Kier molecular flexibility index (Phi) is 5.91. The first-order valence-corrected chi connectivity index (χ1v) is 6.29. The van der Waals surface area contributed by atoms with Gasteiger partial charge >= 0.3 is 5.97 Å². The van der Waals surface area contributed by atoms with Crippen LogP contribution in [0.3, 0.4) is 0 Å². The number of carbonyl (C=O) groups is 2. The zero-order valence-corrected chi connectivity index (χ0v) is 11.3. The van der Waals surface area contributed by atoms with E-state index in [-0.39, 0.29) is 11.8 Å². The Morgan fingerprint density at radius 1 is 1.18 bits per heavy atom. The molecule has 0 radical (unpaired) electrons. The highest BCUT2D eigenvalue weighted by Gasteiger charge is 2.09. The molecule has 1 aromatic carbocycles. The summed E-state index contributed by atoms with van der Waals surface area (Å²) in [5, 5.41) is 0. The second-order valence-corrected chi connectivity index (χ2v) is 4.54. The largest absolute Gasteiger partial charge is 0.469 e. The van der Waals surface area contributed by atoms with Crippen molar-refractivity contribution in [3.05, 3.63) is 34.3 Å². The van der Waals surface area contributed by atoms with Gasteiger partial charge in [0.2, 0.25) is 0 Å². The van der Waals surface area contributed by atoms with Crippen molar-refractivity contribution in [3.8, 4) is 0 Å². The molecule has 0 heterocycles.